The number of fused-ring (bicyclic) bond motifs is 3. The molecule has 5 aromatic heterocycles. The molecule has 82 heavy (non-hydrogen) atoms. The number of aryl methyl sites for hydroxylation is 3. The lowest BCUT2D eigenvalue weighted by Crippen LogP contribution is -2.49. The summed E-state index contributed by atoms with van der Waals surface area (Å²) < 4.78 is 13.9. The van der Waals surface area contributed by atoms with Gasteiger partial charge in [0.1, 0.15) is 34.6 Å². The van der Waals surface area contributed by atoms with Gasteiger partial charge in [0.05, 0.1) is 37.0 Å². The number of hydrogen-bond donors (Lipinski definition) is 3. The molecular formula is C57H57Cl4N10O8PS2. The Hall–Kier alpha value is -6.97. The molecular weight excluding hydrogens is 1190 g/mol. The molecule has 18 nitrogen and oxygen atoms in total. The summed E-state index contributed by atoms with van der Waals surface area (Å²) in [6.45, 7) is 5.78. The van der Waals surface area contributed by atoms with Crippen LogP contribution in [0.1, 0.15) is 72.9 Å². The number of benzene rings is 3. The first-order valence-corrected chi connectivity index (χ1v) is 32.4. The van der Waals surface area contributed by atoms with Crippen molar-refractivity contribution >= 4 is 129 Å². The van der Waals surface area contributed by atoms with Crippen LogP contribution in [0.15, 0.2) is 122 Å². The Labute approximate surface area is 499 Å². The molecule has 7 heterocycles. The zero-order valence-electron chi connectivity index (χ0n) is 44.8. The number of carbonyl (C=O) groups excluding carboxylic acids is 3. The number of carbonyl (C=O) groups is 3. The van der Waals surface area contributed by atoms with Gasteiger partial charge < -0.3 is 44.1 Å². The van der Waals surface area contributed by atoms with Crippen molar-refractivity contribution in [3.63, 3.8) is 0 Å². The van der Waals surface area contributed by atoms with Gasteiger partial charge in [-0.25, -0.2) is 0 Å². The normalized spacial score (nSPS) is 14.3. The van der Waals surface area contributed by atoms with Crippen LogP contribution >= 0.6 is 73.2 Å². The summed E-state index contributed by atoms with van der Waals surface area (Å²) in [7, 11) is 4.93. The smallest absolute Gasteiger partial charge is 0.339 e. The highest BCUT2D eigenvalue weighted by Gasteiger charge is 2.28. The highest BCUT2D eigenvalue weighted by atomic mass is 36.0. The summed E-state index contributed by atoms with van der Waals surface area (Å²) in [5.74, 6) is -0.488. The molecule has 3 fully saturated rings. The fourth-order valence-electron chi connectivity index (χ4n) is 9.76. The molecule has 1 aliphatic carbocycles. The maximum Gasteiger partial charge on any atom is 0.339 e. The first-order chi connectivity index (χ1) is 39.2. The maximum absolute atomic E-state index is 12.7. The van der Waals surface area contributed by atoms with E-state index in [1.807, 2.05) is 87.3 Å². The minimum atomic E-state index is -3.22. The van der Waals surface area contributed by atoms with E-state index in [0.29, 0.717) is 42.8 Å². The fraction of sp³-hybridized carbons (Fsp3) is 0.298. The quantitative estimate of drug-likeness (QED) is 0.137. The minimum absolute atomic E-state index is 0.00198. The summed E-state index contributed by atoms with van der Waals surface area (Å²) in [5, 5.41) is 37.9. The minimum Gasteiger partial charge on any atom is -0.506 e. The molecule has 3 aliphatic rings. The molecule has 25 heteroatoms. The van der Waals surface area contributed by atoms with Crippen LogP contribution in [-0.4, -0.2) is 105 Å². The molecule has 0 unspecified atom stereocenters. The second-order valence-corrected chi connectivity index (χ2v) is 27.9. The van der Waals surface area contributed by atoms with Gasteiger partial charge in [-0.1, -0.05) is 91.5 Å². The average Bonchev–Trinajstić information content (AvgIpc) is 4.35. The number of halogens is 4. The van der Waals surface area contributed by atoms with E-state index >= 15 is 0 Å². The lowest BCUT2D eigenvalue weighted by atomic mass is 9.95. The largest absolute Gasteiger partial charge is 0.506 e. The lowest BCUT2D eigenvalue weighted by Gasteiger charge is -2.36. The van der Waals surface area contributed by atoms with Crippen molar-refractivity contribution in [3.05, 3.63) is 170 Å². The number of nitriles is 2. The van der Waals surface area contributed by atoms with Crippen molar-refractivity contribution in [1.29, 1.82) is 10.5 Å². The number of piperazine rings is 2. The van der Waals surface area contributed by atoms with E-state index in [1.165, 1.54) is 42.8 Å². The summed E-state index contributed by atoms with van der Waals surface area (Å²) in [4.78, 5) is 80.9. The molecule has 2 saturated heterocycles. The van der Waals surface area contributed by atoms with E-state index in [2.05, 4.69) is 55.3 Å². The molecule has 1 saturated carbocycles. The van der Waals surface area contributed by atoms with Crippen molar-refractivity contribution in [2.75, 3.05) is 57.3 Å². The standard InChI is InChI=1S/C20H18N4O2S.C17H20N2O3.C11H7ClN2O.C9H12N2OS.Cl3OP/c1-22-16-6-3-2-5-14(16)18(15(13-21)19(22)25)23-8-10-24(11-9-23)20(26)17-7-4-12-27-17;1-19-13-10-6-5-9-12(13)15(20)14(17(19)22)16(21)18-11-7-3-2-4-8-11;1-14-9-5-3-2-4-7(9)10(12)8(6-13)11(14)15;12-9(8-2-1-7-13-8)11-5-3-10-4-6-11;1-5(2,3)4/h2-7,12H,8-11H2,1H3;5-6,9-11,20H,2-4,7-8H2,1H3,(H,18,21);2-5H,1H3;1-2,7,10H,3-6H2;. The first-order valence-electron chi connectivity index (χ1n) is 25.9. The summed E-state index contributed by atoms with van der Waals surface area (Å²) in [6, 6.07) is 33.4. The number of nitrogens with zero attached hydrogens (tertiary/aromatic N) is 8. The Balaban J connectivity index is 0.000000158. The van der Waals surface area contributed by atoms with E-state index in [4.69, 9.17) is 16.9 Å². The van der Waals surface area contributed by atoms with Gasteiger partial charge in [-0.3, -0.25) is 33.3 Å². The van der Waals surface area contributed by atoms with Crippen LogP contribution in [-0.2, 0) is 25.7 Å². The molecule has 428 valence electrons. The third-order valence-corrected chi connectivity index (χ3v) is 16.0. The second kappa shape index (κ2) is 28.8. The Morgan fingerprint density at radius 3 is 1.56 bits per heavy atom. The molecule has 0 bridgehead atoms. The number of aromatic nitrogens is 3. The predicted molar refractivity (Wildman–Crippen MR) is 329 cm³/mol. The van der Waals surface area contributed by atoms with E-state index in [1.54, 1.807) is 57.5 Å². The van der Waals surface area contributed by atoms with Crippen molar-refractivity contribution < 1.29 is 24.1 Å². The number of amides is 3. The Kier molecular flexibility index (Phi) is 22.0. The number of nitrogens with one attached hydrogen (secondary N) is 2. The highest BCUT2D eigenvalue weighted by Crippen LogP contribution is 2.61. The SMILES string of the molecule is Cn1c(=O)c(C#N)c(Cl)c2ccccc21.Cn1c(=O)c(C#N)c(N2CCN(C(=O)c3cccs3)CC2)c2ccccc21.Cn1c(=O)c(C(=O)NC2CCCCC2)c(O)c2ccccc21.O=C(c1cccs1)N1CCNCC1.O=P(Cl)(Cl)Cl. The van der Waals surface area contributed by atoms with Crippen LogP contribution in [0.4, 0.5) is 5.69 Å². The molecule has 11 rings (SSSR count). The number of anilines is 1. The predicted octanol–water partition coefficient (Wildman–Crippen LogP) is 10.4. The van der Waals surface area contributed by atoms with Crippen molar-refractivity contribution in [1.82, 2.24) is 34.1 Å². The number of hydrogen-bond acceptors (Lipinski definition) is 14. The van der Waals surface area contributed by atoms with Gasteiger partial charge in [0, 0.05) is 95.7 Å². The maximum atomic E-state index is 12.7. The third kappa shape index (κ3) is 15.2. The molecule has 3 amide bonds. The molecule has 0 radical (unpaired) electrons. The zero-order chi connectivity index (χ0) is 59.3. The van der Waals surface area contributed by atoms with Crippen LogP contribution < -0.4 is 32.2 Å². The Bertz CT molecular complexity index is 3920. The second-order valence-electron chi connectivity index (χ2n) is 19.0. The third-order valence-electron chi connectivity index (χ3n) is 13.9. The van der Waals surface area contributed by atoms with Crippen molar-refractivity contribution in [2.24, 2.45) is 21.1 Å². The lowest BCUT2D eigenvalue weighted by molar-refractivity contribution is 0.0737. The molecule has 2 aliphatic heterocycles. The molecule has 8 aromatic rings. The number of para-hydroxylation sites is 3. The van der Waals surface area contributed by atoms with E-state index in [-0.39, 0.29) is 56.4 Å². The van der Waals surface area contributed by atoms with Crippen LogP contribution in [0.5, 0.6) is 5.75 Å². The topological polar surface area (TPSA) is 236 Å². The number of pyridine rings is 3. The van der Waals surface area contributed by atoms with Crippen molar-refractivity contribution in [2.45, 2.75) is 38.1 Å². The van der Waals surface area contributed by atoms with Gasteiger partial charge in [-0.15, -0.1) is 22.7 Å². The number of thiophene rings is 2. The monoisotopic (exact) mass is 1240 g/mol. The molecule has 0 atom stereocenters. The average molecular weight is 1250 g/mol. The zero-order valence-corrected chi connectivity index (χ0v) is 50.4. The van der Waals surface area contributed by atoms with Crippen LogP contribution in [0.2, 0.25) is 5.02 Å². The van der Waals surface area contributed by atoms with Gasteiger partial charge in [-0.05, 0) is 93.7 Å². The summed E-state index contributed by atoms with van der Waals surface area (Å²) >= 11 is 22.8. The van der Waals surface area contributed by atoms with Crippen LogP contribution in [0.3, 0.4) is 0 Å². The Morgan fingerprint density at radius 1 is 0.622 bits per heavy atom. The summed E-state index contributed by atoms with van der Waals surface area (Å²) in [6.07, 6.45) is 5.23. The summed E-state index contributed by atoms with van der Waals surface area (Å²) in [5.41, 5.74) is 1.70. The van der Waals surface area contributed by atoms with Crippen LogP contribution in [0.25, 0.3) is 32.7 Å². The van der Waals surface area contributed by atoms with Gasteiger partial charge >= 0.3 is 5.20 Å². The van der Waals surface area contributed by atoms with Gasteiger partial charge in [0.2, 0.25) is 0 Å². The Morgan fingerprint density at radius 2 is 1.06 bits per heavy atom. The van der Waals surface area contributed by atoms with E-state index in [9.17, 15) is 43.7 Å². The number of aromatic hydroxyl groups is 1. The van der Waals surface area contributed by atoms with Crippen LogP contribution in [0, 0.1) is 22.7 Å². The van der Waals surface area contributed by atoms with Crippen molar-refractivity contribution in [3.8, 4) is 17.9 Å². The molecule has 0 spiro atoms. The highest BCUT2D eigenvalue weighted by molar-refractivity contribution is 8.24. The van der Waals surface area contributed by atoms with Gasteiger partial charge in [0.25, 0.3) is 34.4 Å². The van der Waals surface area contributed by atoms with Gasteiger partial charge in [-0.2, -0.15) is 10.5 Å². The van der Waals surface area contributed by atoms with Gasteiger partial charge in [0.15, 0.2) is 0 Å². The van der Waals surface area contributed by atoms with E-state index < -0.39 is 16.7 Å². The number of rotatable bonds is 5. The molecule has 3 N–H and O–H groups in total. The fourth-order valence-corrected chi connectivity index (χ4v) is 11.4. The van der Waals surface area contributed by atoms with E-state index in [0.717, 1.165) is 83.4 Å². The first kappa shape index (κ1) is 62.6. The molecule has 3 aromatic carbocycles.